The van der Waals surface area contributed by atoms with Crippen LogP contribution in [0.1, 0.15) is 47.2 Å². The first-order valence-electron chi connectivity index (χ1n) is 11.6. The van der Waals surface area contributed by atoms with Crippen LogP contribution in [0, 0.1) is 13.8 Å². The molecule has 1 aliphatic heterocycles. The Morgan fingerprint density at radius 2 is 1.48 bits per heavy atom. The Kier molecular flexibility index (Phi) is 5.49. The van der Waals surface area contributed by atoms with Crippen LogP contribution in [0.25, 0.3) is 10.8 Å². The smallest absolute Gasteiger partial charge is 0.258 e. The first-order chi connectivity index (χ1) is 15.9. The number of fused-ring (bicyclic) bond motifs is 3. The largest absolute Gasteiger partial charge is 0.264 e. The summed E-state index contributed by atoms with van der Waals surface area (Å²) in [5.74, 6) is 0. The van der Waals surface area contributed by atoms with Gasteiger partial charge in [0.15, 0.2) is 0 Å². The minimum atomic E-state index is -3.77. The molecule has 0 saturated carbocycles. The number of aryl methyl sites for hydroxylation is 2. The fourth-order valence-corrected chi connectivity index (χ4v) is 6.93. The van der Waals surface area contributed by atoms with Gasteiger partial charge in [-0.15, -0.1) is 0 Å². The second-order valence-electron chi connectivity index (χ2n) is 8.97. The number of rotatable bonds is 5. The van der Waals surface area contributed by atoms with Crippen LogP contribution in [0.15, 0.2) is 83.8 Å². The maximum atomic E-state index is 14.2. The van der Waals surface area contributed by atoms with Gasteiger partial charge in [-0.05, 0) is 60.0 Å². The highest BCUT2D eigenvalue weighted by atomic mass is 32.2. The van der Waals surface area contributed by atoms with Gasteiger partial charge in [0, 0.05) is 11.8 Å². The number of benzene rings is 4. The van der Waals surface area contributed by atoms with Gasteiger partial charge in [-0.2, -0.15) is 0 Å². The zero-order chi connectivity index (χ0) is 23.2. The molecule has 4 heteroatoms. The van der Waals surface area contributed by atoms with E-state index in [1.807, 2.05) is 61.5 Å². The molecule has 1 atom stereocenters. The molecule has 4 aromatic carbocycles. The van der Waals surface area contributed by atoms with Crippen molar-refractivity contribution in [1.29, 1.82) is 0 Å². The second kappa shape index (κ2) is 8.35. The Labute approximate surface area is 196 Å². The topological polar surface area (TPSA) is 37.4 Å². The molecule has 0 fully saturated rings. The molecule has 33 heavy (non-hydrogen) atoms. The van der Waals surface area contributed by atoms with E-state index in [-0.39, 0.29) is 6.04 Å². The highest BCUT2D eigenvalue weighted by molar-refractivity contribution is 7.92. The van der Waals surface area contributed by atoms with E-state index < -0.39 is 10.0 Å². The van der Waals surface area contributed by atoms with E-state index in [0.717, 1.165) is 40.4 Å². The van der Waals surface area contributed by atoms with Gasteiger partial charge in [0.25, 0.3) is 10.0 Å². The molecule has 1 aliphatic rings. The van der Waals surface area contributed by atoms with Crippen LogP contribution < -0.4 is 4.31 Å². The lowest BCUT2D eigenvalue weighted by Gasteiger charge is -2.28. The third-order valence-electron chi connectivity index (χ3n) is 6.85. The predicted octanol–water partition coefficient (Wildman–Crippen LogP) is 6.90. The molecule has 3 nitrogen and oxygen atoms in total. The summed E-state index contributed by atoms with van der Waals surface area (Å²) in [6.45, 7) is 6.34. The lowest BCUT2D eigenvalue weighted by Crippen LogP contribution is -2.32. The lowest BCUT2D eigenvalue weighted by molar-refractivity contribution is 0.582. The first-order valence-corrected chi connectivity index (χ1v) is 13.1. The van der Waals surface area contributed by atoms with E-state index in [1.54, 1.807) is 16.4 Å². The van der Waals surface area contributed by atoms with Gasteiger partial charge in [0.1, 0.15) is 0 Å². The molecule has 168 valence electrons. The predicted molar refractivity (Wildman–Crippen MR) is 136 cm³/mol. The standard InChI is InChI=1S/C29H29NO2S/c1-4-10-24-21(3)25-13-8-9-14-26(25)29-27(24)19-28(22-11-6-5-7-12-22)30(29)33(31,32)23-17-15-20(2)16-18-23/h5-9,11-18,28H,4,10,19H2,1-3H3. The third-order valence-corrected chi connectivity index (χ3v) is 8.67. The molecule has 1 heterocycles. The average molecular weight is 456 g/mol. The van der Waals surface area contributed by atoms with Crippen LogP contribution in [0.3, 0.4) is 0 Å². The minimum Gasteiger partial charge on any atom is -0.258 e. The summed E-state index contributed by atoms with van der Waals surface area (Å²) in [6.07, 6.45) is 2.65. The SMILES string of the molecule is CCCc1c2c(c3ccccc3c1C)N(S(=O)(=O)c1ccc(C)cc1)C(c1ccccc1)C2. The van der Waals surface area contributed by atoms with Gasteiger partial charge in [-0.3, -0.25) is 4.31 Å². The number of sulfonamides is 1. The van der Waals surface area contributed by atoms with Crippen molar-refractivity contribution in [3.05, 3.63) is 107 Å². The third kappa shape index (κ3) is 3.53. The molecule has 1 unspecified atom stereocenters. The average Bonchev–Trinajstić information content (AvgIpc) is 3.24. The molecule has 0 bridgehead atoms. The maximum absolute atomic E-state index is 14.2. The molecule has 0 amide bonds. The molecule has 0 aliphatic carbocycles. The van der Waals surface area contributed by atoms with E-state index in [4.69, 9.17) is 0 Å². The Balaban J connectivity index is 1.84. The van der Waals surface area contributed by atoms with Crippen LogP contribution in [-0.4, -0.2) is 8.42 Å². The first kappa shape index (κ1) is 21.7. The van der Waals surface area contributed by atoms with Crippen molar-refractivity contribution in [2.75, 3.05) is 4.31 Å². The van der Waals surface area contributed by atoms with Crippen molar-refractivity contribution in [2.45, 2.75) is 51.0 Å². The Morgan fingerprint density at radius 1 is 0.848 bits per heavy atom. The number of hydrogen-bond donors (Lipinski definition) is 0. The molecule has 0 radical (unpaired) electrons. The summed E-state index contributed by atoms with van der Waals surface area (Å²) < 4.78 is 30.1. The van der Waals surface area contributed by atoms with Gasteiger partial charge in [-0.1, -0.05) is 85.6 Å². The second-order valence-corrected chi connectivity index (χ2v) is 10.8. The Morgan fingerprint density at radius 3 is 2.15 bits per heavy atom. The fraction of sp³-hybridized carbons (Fsp3) is 0.241. The van der Waals surface area contributed by atoms with E-state index >= 15 is 0 Å². The number of hydrogen-bond acceptors (Lipinski definition) is 2. The quantitative estimate of drug-likeness (QED) is 0.328. The molecule has 5 rings (SSSR count). The van der Waals surface area contributed by atoms with Crippen LogP contribution in [0.5, 0.6) is 0 Å². The Bertz CT molecular complexity index is 1420. The minimum absolute atomic E-state index is 0.270. The van der Waals surface area contributed by atoms with Crippen molar-refractivity contribution in [2.24, 2.45) is 0 Å². The number of anilines is 1. The van der Waals surface area contributed by atoms with Crippen molar-refractivity contribution in [3.8, 4) is 0 Å². The molecule has 0 saturated heterocycles. The summed E-state index contributed by atoms with van der Waals surface area (Å²) >= 11 is 0. The Hall–Kier alpha value is -3.11. The highest BCUT2D eigenvalue weighted by Crippen LogP contribution is 2.50. The molecule has 0 aromatic heterocycles. The van der Waals surface area contributed by atoms with Crippen molar-refractivity contribution in [1.82, 2.24) is 0 Å². The van der Waals surface area contributed by atoms with Crippen LogP contribution in [-0.2, 0) is 22.9 Å². The van der Waals surface area contributed by atoms with Crippen LogP contribution in [0.4, 0.5) is 5.69 Å². The van der Waals surface area contributed by atoms with E-state index in [1.165, 1.54) is 16.7 Å². The van der Waals surface area contributed by atoms with Gasteiger partial charge < -0.3 is 0 Å². The lowest BCUT2D eigenvalue weighted by atomic mass is 9.89. The summed E-state index contributed by atoms with van der Waals surface area (Å²) in [6, 6.07) is 25.2. The van der Waals surface area contributed by atoms with E-state index in [9.17, 15) is 8.42 Å². The van der Waals surface area contributed by atoms with Gasteiger partial charge in [0.2, 0.25) is 0 Å². The molecule has 0 spiro atoms. The summed E-state index contributed by atoms with van der Waals surface area (Å²) in [5.41, 5.74) is 6.67. The summed E-state index contributed by atoms with van der Waals surface area (Å²) in [5, 5.41) is 2.15. The van der Waals surface area contributed by atoms with Crippen molar-refractivity contribution in [3.63, 3.8) is 0 Å². The zero-order valence-corrected chi connectivity index (χ0v) is 20.2. The monoisotopic (exact) mass is 455 g/mol. The van der Waals surface area contributed by atoms with Crippen molar-refractivity contribution < 1.29 is 8.42 Å². The summed E-state index contributed by atoms with van der Waals surface area (Å²) in [7, 11) is -3.77. The summed E-state index contributed by atoms with van der Waals surface area (Å²) in [4.78, 5) is 0.337. The van der Waals surface area contributed by atoms with E-state index in [0.29, 0.717) is 11.3 Å². The normalized spacial score (nSPS) is 15.7. The van der Waals surface area contributed by atoms with Crippen molar-refractivity contribution >= 4 is 26.5 Å². The van der Waals surface area contributed by atoms with Crippen LogP contribution in [0.2, 0.25) is 0 Å². The van der Waals surface area contributed by atoms with Gasteiger partial charge >= 0.3 is 0 Å². The highest BCUT2D eigenvalue weighted by Gasteiger charge is 2.41. The maximum Gasteiger partial charge on any atom is 0.264 e. The molecule has 4 aromatic rings. The molecular weight excluding hydrogens is 426 g/mol. The molecular formula is C29H29NO2S. The van der Waals surface area contributed by atoms with Crippen LogP contribution >= 0.6 is 0 Å². The molecule has 0 N–H and O–H groups in total. The fourth-order valence-electron chi connectivity index (χ4n) is 5.24. The van der Waals surface area contributed by atoms with E-state index in [2.05, 4.69) is 26.0 Å². The van der Waals surface area contributed by atoms with Gasteiger partial charge in [-0.25, -0.2) is 8.42 Å². The van der Waals surface area contributed by atoms with Gasteiger partial charge in [0.05, 0.1) is 16.6 Å². The zero-order valence-electron chi connectivity index (χ0n) is 19.4. The number of nitrogens with zero attached hydrogens (tertiary/aromatic N) is 1.